The first-order valence-electron chi connectivity index (χ1n) is 3.65. The zero-order valence-corrected chi connectivity index (χ0v) is 8.96. The summed E-state index contributed by atoms with van der Waals surface area (Å²) in [6.07, 6.45) is 3.38. The molecule has 0 saturated carbocycles. The molecular weight excluding hydrogens is 222 g/mol. The summed E-state index contributed by atoms with van der Waals surface area (Å²) in [5, 5.41) is 8.42. The second kappa shape index (κ2) is 7.48. The molecule has 0 saturated heterocycles. The highest BCUT2D eigenvalue weighted by atomic mass is 32.1. The summed E-state index contributed by atoms with van der Waals surface area (Å²) in [5.74, 6) is -1.01. The van der Waals surface area contributed by atoms with Crippen molar-refractivity contribution in [1.29, 1.82) is 0 Å². The Labute approximate surface area is 92.1 Å². The number of aromatic nitrogens is 2. The number of aromatic amines is 1. The molecule has 1 heterocycles. The van der Waals surface area contributed by atoms with Crippen molar-refractivity contribution in [2.45, 2.75) is 12.5 Å². The van der Waals surface area contributed by atoms with Crippen molar-refractivity contribution >= 4 is 35.5 Å². The van der Waals surface area contributed by atoms with E-state index in [1.54, 1.807) is 6.20 Å². The molecule has 4 N–H and O–H groups in total. The van der Waals surface area contributed by atoms with Crippen LogP contribution in [0.25, 0.3) is 0 Å². The molecule has 0 bridgehead atoms. The standard InChI is InChI=1S/C6H9N3O2.CH2S2/c7-5(6(10)11)1-4-2-8-3-9-4;2-1-3/h2-3,5H,1,7H2,(H,8,9)(H,10,11);1H,(H,2,3). The number of thiocarbonyl (C=S) groups is 1. The van der Waals surface area contributed by atoms with Crippen LogP contribution < -0.4 is 5.73 Å². The van der Waals surface area contributed by atoms with Gasteiger partial charge in [0.05, 0.1) is 12.0 Å². The first kappa shape index (κ1) is 13.1. The lowest BCUT2D eigenvalue weighted by molar-refractivity contribution is -0.138. The fraction of sp³-hybridized carbons (Fsp3) is 0.286. The summed E-state index contributed by atoms with van der Waals surface area (Å²) in [6.45, 7) is 0. The lowest BCUT2D eigenvalue weighted by Gasteiger charge is -2.01. The van der Waals surface area contributed by atoms with Crippen molar-refractivity contribution < 1.29 is 9.90 Å². The highest BCUT2D eigenvalue weighted by Gasteiger charge is 2.12. The summed E-state index contributed by atoms with van der Waals surface area (Å²) in [5.41, 5.74) is 5.92. The minimum Gasteiger partial charge on any atom is -0.480 e. The van der Waals surface area contributed by atoms with Crippen LogP contribution in [0.5, 0.6) is 0 Å². The molecule has 0 amide bonds. The second-order valence-electron chi connectivity index (χ2n) is 2.31. The van der Waals surface area contributed by atoms with Gasteiger partial charge in [0, 0.05) is 17.3 Å². The number of carboxylic acids is 1. The lowest BCUT2D eigenvalue weighted by atomic mass is 10.2. The summed E-state index contributed by atoms with van der Waals surface area (Å²) in [4.78, 5) is 16.8. The van der Waals surface area contributed by atoms with Gasteiger partial charge >= 0.3 is 5.97 Å². The molecule has 0 radical (unpaired) electrons. The van der Waals surface area contributed by atoms with E-state index in [4.69, 9.17) is 10.8 Å². The molecule has 0 fully saturated rings. The Morgan fingerprint density at radius 3 is 2.86 bits per heavy atom. The Morgan fingerprint density at radius 1 is 1.93 bits per heavy atom. The van der Waals surface area contributed by atoms with E-state index in [2.05, 4.69) is 34.8 Å². The first-order chi connectivity index (χ1) is 6.61. The van der Waals surface area contributed by atoms with E-state index < -0.39 is 12.0 Å². The zero-order chi connectivity index (χ0) is 11.0. The number of thiol groups is 1. The largest absolute Gasteiger partial charge is 0.480 e. The lowest BCUT2D eigenvalue weighted by Crippen LogP contribution is -2.32. The number of nitrogens with two attached hydrogens (primary N) is 1. The molecule has 1 aromatic heterocycles. The van der Waals surface area contributed by atoms with Gasteiger partial charge in [0.25, 0.3) is 0 Å². The molecule has 0 aromatic carbocycles. The summed E-state index contributed by atoms with van der Waals surface area (Å²) >= 11 is 7.61. The van der Waals surface area contributed by atoms with Crippen LogP contribution in [-0.4, -0.2) is 31.8 Å². The van der Waals surface area contributed by atoms with Gasteiger partial charge in [0.15, 0.2) is 0 Å². The van der Waals surface area contributed by atoms with Crippen molar-refractivity contribution in [3.8, 4) is 0 Å². The Hall–Kier alpha value is -0.920. The molecule has 14 heavy (non-hydrogen) atoms. The SMILES string of the molecule is NC(Cc1c[nH]cn1)C(=O)O.S=CS. The van der Waals surface area contributed by atoms with Crippen molar-refractivity contribution in [1.82, 2.24) is 9.97 Å². The number of nitrogens with zero attached hydrogens (tertiary/aromatic N) is 1. The van der Waals surface area contributed by atoms with Crippen molar-refractivity contribution in [3.05, 3.63) is 18.2 Å². The van der Waals surface area contributed by atoms with Gasteiger partial charge in [-0.3, -0.25) is 4.79 Å². The third-order valence-corrected chi connectivity index (χ3v) is 1.30. The minimum atomic E-state index is -1.01. The molecule has 1 unspecified atom stereocenters. The molecule has 0 aliphatic rings. The van der Waals surface area contributed by atoms with Gasteiger partial charge in [-0.2, -0.15) is 0 Å². The van der Waals surface area contributed by atoms with Gasteiger partial charge in [-0.25, -0.2) is 4.98 Å². The highest BCUT2D eigenvalue weighted by molar-refractivity contribution is 8.08. The predicted molar refractivity (Wildman–Crippen MR) is 60.5 cm³/mol. The summed E-state index contributed by atoms with van der Waals surface area (Å²) in [6, 6.07) is -0.863. The Bertz CT molecular complexity index is 276. The first-order valence-corrected chi connectivity index (χ1v) is 4.64. The molecule has 5 nitrogen and oxygen atoms in total. The number of carbonyl (C=O) groups is 1. The number of nitrogens with one attached hydrogen (secondary N) is 1. The zero-order valence-electron chi connectivity index (χ0n) is 7.25. The maximum atomic E-state index is 10.3. The molecule has 78 valence electrons. The van der Waals surface area contributed by atoms with Gasteiger partial charge < -0.3 is 15.8 Å². The molecular formula is C7H11N3O2S2. The third kappa shape index (κ3) is 5.68. The molecule has 1 atom stereocenters. The third-order valence-electron chi connectivity index (χ3n) is 1.30. The van der Waals surface area contributed by atoms with E-state index in [-0.39, 0.29) is 6.42 Å². The van der Waals surface area contributed by atoms with Crippen LogP contribution in [0.15, 0.2) is 12.5 Å². The van der Waals surface area contributed by atoms with Crippen molar-refractivity contribution in [2.75, 3.05) is 0 Å². The fourth-order valence-electron chi connectivity index (χ4n) is 0.715. The minimum absolute atomic E-state index is 0.263. The number of hydrogen-bond acceptors (Lipinski definition) is 4. The van der Waals surface area contributed by atoms with Gasteiger partial charge in [0.2, 0.25) is 0 Å². The molecule has 1 aromatic rings. The average Bonchev–Trinajstić information content (AvgIpc) is 2.58. The number of H-pyrrole nitrogens is 1. The Balaban J connectivity index is 0.000000500. The predicted octanol–water partition coefficient (Wildman–Crippen LogP) is 0.237. The van der Waals surface area contributed by atoms with Gasteiger partial charge in [0.1, 0.15) is 6.04 Å². The Kier molecular flexibility index (Phi) is 6.99. The van der Waals surface area contributed by atoms with E-state index in [0.717, 1.165) is 0 Å². The Morgan fingerprint density at radius 2 is 2.50 bits per heavy atom. The van der Waals surface area contributed by atoms with Crippen LogP contribution in [-0.2, 0) is 11.2 Å². The van der Waals surface area contributed by atoms with E-state index >= 15 is 0 Å². The highest BCUT2D eigenvalue weighted by Crippen LogP contribution is 1.95. The summed E-state index contributed by atoms with van der Waals surface area (Å²) < 4.78 is 1.28. The number of carboxylic acid groups (broad SMARTS) is 1. The molecule has 7 heteroatoms. The number of hydrogen-bond donors (Lipinski definition) is 4. The van der Waals surface area contributed by atoms with Gasteiger partial charge in [-0.05, 0) is 0 Å². The monoisotopic (exact) mass is 233 g/mol. The van der Waals surface area contributed by atoms with Gasteiger partial charge in [-0.15, -0.1) is 12.6 Å². The van der Waals surface area contributed by atoms with Crippen molar-refractivity contribution in [2.24, 2.45) is 5.73 Å². The average molecular weight is 233 g/mol. The van der Waals surface area contributed by atoms with Crippen LogP contribution in [0.2, 0.25) is 0 Å². The maximum absolute atomic E-state index is 10.3. The van der Waals surface area contributed by atoms with Crippen LogP contribution in [0.4, 0.5) is 0 Å². The normalized spacial score (nSPS) is 11.0. The summed E-state index contributed by atoms with van der Waals surface area (Å²) in [7, 11) is 0. The second-order valence-corrected chi connectivity index (χ2v) is 3.16. The number of imidazole rings is 1. The number of aliphatic carboxylic acids is 1. The van der Waals surface area contributed by atoms with Crippen LogP contribution in [0.3, 0.4) is 0 Å². The topological polar surface area (TPSA) is 92.0 Å². The van der Waals surface area contributed by atoms with Crippen LogP contribution >= 0.6 is 24.8 Å². The van der Waals surface area contributed by atoms with E-state index in [1.165, 1.54) is 11.0 Å². The molecule has 0 aliphatic carbocycles. The molecule has 0 spiro atoms. The molecule has 0 aliphatic heterocycles. The van der Waals surface area contributed by atoms with Crippen LogP contribution in [0.1, 0.15) is 5.69 Å². The molecule has 1 rings (SSSR count). The van der Waals surface area contributed by atoms with Crippen LogP contribution in [0, 0.1) is 0 Å². The smallest absolute Gasteiger partial charge is 0.320 e. The van der Waals surface area contributed by atoms with E-state index in [9.17, 15) is 4.79 Å². The fourth-order valence-corrected chi connectivity index (χ4v) is 0.715. The van der Waals surface area contributed by atoms with E-state index in [0.29, 0.717) is 5.69 Å². The number of rotatable bonds is 3. The van der Waals surface area contributed by atoms with Crippen molar-refractivity contribution in [3.63, 3.8) is 0 Å². The maximum Gasteiger partial charge on any atom is 0.320 e. The van der Waals surface area contributed by atoms with Gasteiger partial charge in [-0.1, -0.05) is 12.2 Å². The van der Waals surface area contributed by atoms with E-state index in [1.807, 2.05) is 0 Å². The quantitative estimate of drug-likeness (QED) is 0.443.